The number of aryl methyl sites for hydroxylation is 1. The first-order chi connectivity index (χ1) is 12.1. The van der Waals surface area contributed by atoms with Gasteiger partial charge in [0.1, 0.15) is 6.04 Å². The topological polar surface area (TPSA) is 78.4 Å². The second-order valence-corrected chi connectivity index (χ2v) is 7.39. The van der Waals surface area contributed by atoms with Gasteiger partial charge in [0.05, 0.1) is 6.10 Å². The average molecular weight is 344 g/mol. The Morgan fingerprint density at radius 1 is 1.20 bits per heavy atom. The fourth-order valence-electron chi connectivity index (χ4n) is 4.06. The first-order valence-electron chi connectivity index (χ1n) is 9.40. The van der Waals surface area contributed by atoms with Crippen LogP contribution in [-0.4, -0.2) is 35.6 Å². The van der Waals surface area contributed by atoms with Gasteiger partial charge in [0, 0.05) is 18.4 Å². The highest BCUT2D eigenvalue weighted by Crippen LogP contribution is 2.32. The van der Waals surface area contributed by atoms with Gasteiger partial charge in [-0.25, -0.2) is 0 Å². The average Bonchev–Trinajstić information content (AvgIpc) is 3.27. The maximum atomic E-state index is 12.5. The lowest BCUT2D eigenvalue weighted by Crippen LogP contribution is -2.54. The summed E-state index contributed by atoms with van der Waals surface area (Å²) in [7, 11) is 0. The lowest BCUT2D eigenvalue weighted by atomic mass is 10.0. The highest BCUT2D eigenvalue weighted by molar-refractivity contribution is 5.89. The molecule has 0 aromatic heterocycles. The van der Waals surface area contributed by atoms with Gasteiger partial charge >= 0.3 is 0 Å². The molecule has 3 rings (SSSR count). The molecule has 0 unspecified atom stereocenters. The summed E-state index contributed by atoms with van der Waals surface area (Å²) in [5.41, 5.74) is 2.65. The van der Waals surface area contributed by atoms with Crippen LogP contribution in [0.25, 0.3) is 0 Å². The standard InChI is InChI=1S/C20H28N2O3/c1-13(23)18(22-19(24)15-7-2-3-8-15)20(25)21-12-16-11-10-14-6-4-5-9-17(14)16/h4-6,9,13,15-16,18,23H,2-3,7-8,10-12H2,1H3,(H,21,25)(H,22,24)/t13-,16+,18-/m0/s1. The summed E-state index contributed by atoms with van der Waals surface area (Å²) in [6.07, 6.45) is 5.01. The molecule has 2 aliphatic carbocycles. The third-order valence-electron chi connectivity index (χ3n) is 5.57. The second kappa shape index (κ2) is 8.00. The molecule has 25 heavy (non-hydrogen) atoms. The van der Waals surface area contributed by atoms with Crippen molar-refractivity contribution in [3.05, 3.63) is 35.4 Å². The minimum absolute atomic E-state index is 0.0178. The summed E-state index contributed by atoms with van der Waals surface area (Å²) in [4.78, 5) is 24.8. The summed E-state index contributed by atoms with van der Waals surface area (Å²) in [5, 5.41) is 15.6. The van der Waals surface area contributed by atoms with E-state index in [2.05, 4.69) is 22.8 Å². The number of hydrogen-bond acceptors (Lipinski definition) is 3. The predicted octanol–water partition coefficient (Wildman–Crippen LogP) is 1.89. The molecule has 0 heterocycles. The van der Waals surface area contributed by atoms with Crippen LogP contribution >= 0.6 is 0 Å². The van der Waals surface area contributed by atoms with Crippen molar-refractivity contribution in [2.75, 3.05) is 6.54 Å². The van der Waals surface area contributed by atoms with Crippen LogP contribution in [0, 0.1) is 5.92 Å². The number of carbonyl (C=O) groups is 2. The Labute approximate surface area is 149 Å². The number of fused-ring (bicyclic) bond motifs is 1. The molecule has 1 saturated carbocycles. The van der Waals surface area contributed by atoms with Gasteiger partial charge in [0.15, 0.2) is 0 Å². The number of carbonyl (C=O) groups excluding carboxylic acids is 2. The number of aliphatic hydroxyl groups is 1. The number of hydrogen-bond donors (Lipinski definition) is 3. The van der Waals surface area contributed by atoms with Crippen molar-refractivity contribution in [1.29, 1.82) is 0 Å². The number of aliphatic hydroxyl groups excluding tert-OH is 1. The van der Waals surface area contributed by atoms with E-state index in [0.29, 0.717) is 12.5 Å². The minimum Gasteiger partial charge on any atom is -0.391 e. The van der Waals surface area contributed by atoms with Crippen LogP contribution in [0.5, 0.6) is 0 Å². The van der Waals surface area contributed by atoms with E-state index in [1.165, 1.54) is 11.1 Å². The van der Waals surface area contributed by atoms with Crippen molar-refractivity contribution in [3.63, 3.8) is 0 Å². The Balaban J connectivity index is 1.55. The molecule has 1 aromatic carbocycles. The SMILES string of the molecule is C[C@H](O)[C@H](NC(=O)C1CCCC1)C(=O)NC[C@H]1CCc2ccccc21. The molecular formula is C20H28N2O3. The Hall–Kier alpha value is -1.88. The molecule has 5 nitrogen and oxygen atoms in total. The van der Waals surface area contributed by atoms with Crippen LogP contribution in [0.3, 0.4) is 0 Å². The quantitative estimate of drug-likeness (QED) is 0.737. The largest absolute Gasteiger partial charge is 0.391 e. The summed E-state index contributed by atoms with van der Waals surface area (Å²) < 4.78 is 0. The van der Waals surface area contributed by atoms with Gasteiger partial charge in [-0.2, -0.15) is 0 Å². The Kier molecular flexibility index (Phi) is 5.74. The number of amides is 2. The molecule has 2 aliphatic rings. The molecule has 3 atom stereocenters. The second-order valence-electron chi connectivity index (χ2n) is 7.39. The van der Waals surface area contributed by atoms with E-state index < -0.39 is 12.1 Å². The van der Waals surface area contributed by atoms with Crippen molar-refractivity contribution < 1.29 is 14.7 Å². The van der Waals surface area contributed by atoms with Crippen molar-refractivity contribution >= 4 is 11.8 Å². The third-order valence-corrected chi connectivity index (χ3v) is 5.57. The Bertz CT molecular complexity index is 623. The lowest BCUT2D eigenvalue weighted by Gasteiger charge is -2.23. The predicted molar refractivity (Wildman–Crippen MR) is 96.1 cm³/mol. The van der Waals surface area contributed by atoms with Crippen molar-refractivity contribution in [2.45, 2.75) is 63.5 Å². The summed E-state index contributed by atoms with van der Waals surface area (Å²) in [5.74, 6) is -0.119. The molecule has 0 saturated heterocycles. The first-order valence-corrected chi connectivity index (χ1v) is 9.40. The van der Waals surface area contributed by atoms with E-state index >= 15 is 0 Å². The molecule has 0 bridgehead atoms. The summed E-state index contributed by atoms with van der Waals surface area (Å²) in [6, 6.07) is 7.44. The van der Waals surface area contributed by atoms with Gasteiger partial charge in [-0.15, -0.1) is 0 Å². The van der Waals surface area contributed by atoms with Gasteiger partial charge in [-0.05, 0) is 43.7 Å². The normalized spacial score (nSPS) is 22.2. The van der Waals surface area contributed by atoms with Crippen LogP contribution in [0.1, 0.15) is 56.1 Å². The molecule has 0 radical (unpaired) electrons. The highest BCUT2D eigenvalue weighted by atomic mass is 16.3. The van der Waals surface area contributed by atoms with E-state index in [1.807, 2.05) is 12.1 Å². The molecule has 1 fully saturated rings. The van der Waals surface area contributed by atoms with E-state index in [0.717, 1.165) is 38.5 Å². The van der Waals surface area contributed by atoms with Crippen LogP contribution < -0.4 is 10.6 Å². The zero-order chi connectivity index (χ0) is 17.8. The molecule has 3 N–H and O–H groups in total. The van der Waals surface area contributed by atoms with E-state index in [-0.39, 0.29) is 17.7 Å². The first kappa shape index (κ1) is 17.9. The number of rotatable bonds is 6. The summed E-state index contributed by atoms with van der Waals surface area (Å²) >= 11 is 0. The van der Waals surface area contributed by atoms with Crippen LogP contribution in [-0.2, 0) is 16.0 Å². The van der Waals surface area contributed by atoms with Gasteiger partial charge in [0.25, 0.3) is 0 Å². The number of nitrogens with one attached hydrogen (secondary N) is 2. The highest BCUT2D eigenvalue weighted by Gasteiger charge is 2.31. The van der Waals surface area contributed by atoms with E-state index in [4.69, 9.17) is 0 Å². The fourth-order valence-corrected chi connectivity index (χ4v) is 4.06. The zero-order valence-electron chi connectivity index (χ0n) is 14.8. The minimum atomic E-state index is -0.916. The zero-order valence-corrected chi connectivity index (χ0v) is 14.8. The molecule has 2 amide bonds. The summed E-state index contributed by atoms with van der Waals surface area (Å²) in [6.45, 7) is 2.09. The van der Waals surface area contributed by atoms with Crippen molar-refractivity contribution in [2.24, 2.45) is 5.92 Å². The fraction of sp³-hybridized carbons (Fsp3) is 0.600. The van der Waals surface area contributed by atoms with Gasteiger partial charge in [-0.3, -0.25) is 9.59 Å². The van der Waals surface area contributed by atoms with Gasteiger partial charge in [0.2, 0.25) is 11.8 Å². The molecule has 0 spiro atoms. The Morgan fingerprint density at radius 3 is 2.64 bits per heavy atom. The van der Waals surface area contributed by atoms with E-state index in [9.17, 15) is 14.7 Å². The number of benzene rings is 1. The van der Waals surface area contributed by atoms with Crippen molar-refractivity contribution in [1.82, 2.24) is 10.6 Å². The maximum absolute atomic E-state index is 12.5. The maximum Gasteiger partial charge on any atom is 0.245 e. The lowest BCUT2D eigenvalue weighted by molar-refractivity contribution is -0.133. The van der Waals surface area contributed by atoms with Gasteiger partial charge in [-0.1, -0.05) is 37.1 Å². The van der Waals surface area contributed by atoms with Gasteiger partial charge < -0.3 is 15.7 Å². The molecular weight excluding hydrogens is 316 g/mol. The van der Waals surface area contributed by atoms with Crippen molar-refractivity contribution in [3.8, 4) is 0 Å². The van der Waals surface area contributed by atoms with Crippen LogP contribution in [0.4, 0.5) is 0 Å². The third kappa shape index (κ3) is 4.21. The monoisotopic (exact) mass is 344 g/mol. The molecule has 136 valence electrons. The molecule has 5 heteroatoms. The van der Waals surface area contributed by atoms with E-state index in [1.54, 1.807) is 6.92 Å². The van der Waals surface area contributed by atoms with Crippen LogP contribution in [0.2, 0.25) is 0 Å². The molecule has 0 aliphatic heterocycles. The Morgan fingerprint density at radius 2 is 1.92 bits per heavy atom. The molecule has 1 aromatic rings. The van der Waals surface area contributed by atoms with Crippen LogP contribution in [0.15, 0.2) is 24.3 Å². The smallest absolute Gasteiger partial charge is 0.245 e.